The van der Waals surface area contributed by atoms with Gasteiger partial charge in [0.05, 0.1) is 5.69 Å². The van der Waals surface area contributed by atoms with E-state index in [1.165, 1.54) is 0 Å². The number of esters is 1. The quantitative estimate of drug-likeness (QED) is 0.505. The molecule has 2 aliphatic rings. The number of para-hydroxylation sites is 1. The molecule has 2 amide bonds. The number of hydrogen-bond donors (Lipinski definition) is 1. The lowest BCUT2D eigenvalue weighted by atomic mass is 9.82. The molecule has 0 radical (unpaired) electrons. The SMILES string of the molecule is CCN1C(=O)[C@@]2(CC(c3ccccc3)=C(NC(=O)c3ccccc3)C(=O)O2)c2cccc(Br)c21. The van der Waals surface area contributed by atoms with Crippen molar-refractivity contribution in [2.75, 3.05) is 11.4 Å². The Labute approximate surface area is 205 Å². The molecule has 0 unspecified atom stereocenters. The van der Waals surface area contributed by atoms with Crippen molar-refractivity contribution in [2.24, 2.45) is 0 Å². The molecule has 0 saturated carbocycles. The van der Waals surface area contributed by atoms with E-state index < -0.39 is 17.5 Å². The zero-order chi connectivity index (χ0) is 23.9. The molecule has 1 spiro atoms. The van der Waals surface area contributed by atoms with Gasteiger partial charge in [0, 0.05) is 28.6 Å². The van der Waals surface area contributed by atoms with Gasteiger partial charge in [-0.05, 0) is 52.2 Å². The molecule has 0 aliphatic carbocycles. The fourth-order valence-corrected chi connectivity index (χ4v) is 5.20. The van der Waals surface area contributed by atoms with Crippen LogP contribution >= 0.6 is 15.9 Å². The Balaban J connectivity index is 1.66. The lowest BCUT2D eigenvalue weighted by molar-refractivity contribution is -0.165. The second-order valence-corrected chi connectivity index (χ2v) is 8.97. The highest BCUT2D eigenvalue weighted by Crippen LogP contribution is 2.52. The third-order valence-corrected chi connectivity index (χ3v) is 6.83. The Morgan fingerprint density at radius 1 is 1.00 bits per heavy atom. The van der Waals surface area contributed by atoms with Crippen molar-refractivity contribution in [3.8, 4) is 0 Å². The van der Waals surface area contributed by atoms with Crippen LogP contribution in [0.1, 0.15) is 34.8 Å². The van der Waals surface area contributed by atoms with Crippen LogP contribution in [0.5, 0.6) is 0 Å². The number of carbonyl (C=O) groups excluding carboxylic acids is 3. The molecule has 1 N–H and O–H groups in total. The van der Waals surface area contributed by atoms with E-state index in [-0.39, 0.29) is 18.0 Å². The van der Waals surface area contributed by atoms with Crippen LogP contribution < -0.4 is 10.2 Å². The molecule has 1 atom stereocenters. The van der Waals surface area contributed by atoms with Gasteiger partial charge in [-0.2, -0.15) is 0 Å². The maximum Gasteiger partial charge on any atom is 0.356 e. The van der Waals surface area contributed by atoms with Gasteiger partial charge in [-0.15, -0.1) is 0 Å². The van der Waals surface area contributed by atoms with Gasteiger partial charge in [0.25, 0.3) is 11.8 Å². The summed E-state index contributed by atoms with van der Waals surface area (Å²) in [4.78, 5) is 41.7. The van der Waals surface area contributed by atoms with Crippen molar-refractivity contribution in [3.05, 3.63) is 106 Å². The molecule has 0 fully saturated rings. The number of benzene rings is 3. The zero-order valence-electron chi connectivity index (χ0n) is 18.4. The maximum absolute atomic E-state index is 13.7. The second kappa shape index (κ2) is 8.57. The second-order valence-electron chi connectivity index (χ2n) is 8.12. The molecular weight excluding hydrogens is 496 g/mol. The number of fused-ring (bicyclic) bond motifs is 2. The number of anilines is 1. The van der Waals surface area contributed by atoms with Crippen LogP contribution in [-0.2, 0) is 19.9 Å². The van der Waals surface area contributed by atoms with Gasteiger partial charge in [0.2, 0.25) is 5.60 Å². The Morgan fingerprint density at radius 3 is 2.35 bits per heavy atom. The third-order valence-electron chi connectivity index (χ3n) is 6.19. The molecule has 5 rings (SSSR count). The first-order valence-corrected chi connectivity index (χ1v) is 11.7. The summed E-state index contributed by atoms with van der Waals surface area (Å²) in [7, 11) is 0. The number of halogens is 1. The van der Waals surface area contributed by atoms with Crippen molar-refractivity contribution >= 4 is 45.0 Å². The number of nitrogens with one attached hydrogen (secondary N) is 1. The van der Waals surface area contributed by atoms with Gasteiger partial charge >= 0.3 is 5.97 Å². The minimum absolute atomic E-state index is 0.0463. The lowest BCUT2D eigenvalue weighted by Gasteiger charge is -2.35. The van der Waals surface area contributed by atoms with E-state index in [9.17, 15) is 14.4 Å². The molecule has 34 heavy (non-hydrogen) atoms. The van der Waals surface area contributed by atoms with Crippen molar-refractivity contribution in [1.29, 1.82) is 0 Å². The van der Waals surface area contributed by atoms with Gasteiger partial charge in [0.1, 0.15) is 5.70 Å². The number of carbonyl (C=O) groups is 3. The minimum atomic E-state index is -1.50. The average Bonchev–Trinajstić information content (AvgIpc) is 3.09. The normalized spacial score (nSPS) is 19.3. The molecule has 7 heteroatoms. The Kier molecular flexibility index (Phi) is 5.57. The van der Waals surface area contributed by atoms with Crippen LogP contribution in [0.3, 0.4) is 0 Å². The van der Waals surface area contributed by atoms with Crippen molar-refractivity contribution in [2.45, 2.75) is 18.9 Å². The zero-order valence-corrected chi connectivity index (χ0v) is 20.0. The van der Waals surface area contributed by atoms with E-state index in [1.54, 1.807) is 29.2 Å². The number of likely N-dealkylation sites (N-methyl/N-ethyl adjacent to an activating group) is 1. The number of amides is 2. The van der Waals surface area contributed by atoms with E-state index in [4.69, 9.17) is 4.74 Å². The molecule has 170 valence electrons. The van der Waals surface area contributed by atoms with Gasteiger partial charge in [-0.3, -0.25) is 9.59 Å². The van der Waals surface area contributed by atoms with Gasteiger partial charge in [-0.1, -0.05) is 60.7 Å². The van der Waals surface area contributed by atoms with E-state index in [1.807, 2.05) is 61.5 Å². The smallest absolute Gasteiger partial charge is 0.356 e. The summed E-state index contributed by atoms with van der Waals surface area (Å²) in [6.45, 7) is 2.31. The van der Waals surface area contributed by atoms with Gasteiger partial charge in [-0.25, -0.2) is 4.79 Å². The molecule has 0 aromatic heterocycles. The third kappa shape index (κ3) is 3.44. The summed E-state index contributed by atoms with van der Waals surface area (Å²) >= 11 is 3.55. The highest BCUT2D eigenvalue weighted by Gasteiger charge is 2.57. The molecular formula is C27H21BrN2O4. The van der Waals surface area contributed by atoms with Crippen LogP contribution in [0, 0.1) is 0 Å². The molecule has 0 saturated heterocycles. The molecule has 3 aromatic carbocycles. The van der Waals surface area contributed by atoms with E-state index >= 15 is 0 Å². The predicted octanol–water partition coefficient (Wildman–Crippen LogP) is 4.80. The summed E-state index contributed by atoms with van der Waals surface area (Å²) < 4.78 is 6.69. The first kappa shape index (κ1) is 22.1. The fourth-order valence-electron chi connectivity index (χ4n) is 4.61. The topological polar surface area (TPSA) is 75.7 Å². The van der Waals surface area contributed by atoms with Crippen molar-refractivity contribution in [3.63, 3.8) is 0 Å². The van der Waals surface area contributed by atoms with Crippen molar-refractivity contribution in [1.82, 2.24) is 5.32 Å². The molecule has 2 heterocycles. The Hall–Kier alpha value is -3.71. The summed E-state index contributed by atoms with van der Waals surface area (Å²) in [6, 6.07) is 23.4. The molecule has 3 aromatic rings. The van der Waals surface area contributed by atoms with E-state index in [0.29, 0.717) is 28.9 Å². The monoisotopic (exact) mass is 516 g/mol. The first-order valence-electron chi connectivity index (χ1n) is 11.0. The van der Waals surface area contributed by atoms with Crippen LogP contribution in [0.25, 0.3) is 5.57 Å². The Morgan fingerprint density at radius 2 is 1.68 bits per heavy atom. The van der Waals surface area contributed by atoms with Crippen molar-refractivity contribution < 1.29 is 19.1 Å². The van der Waals surface area contributed by atoms with Gasteiger partial charge in [0.15, 0.2) is 0 Å². The van der Waals surface area contributed by atoms with E-state index in [2.05, 4.69) is 21.2 Å². The predicted molar refractivity (Wildman–Crippen MR) is 132 cm³/mol. The number of ether oxygens (including phenoxy) is 1. The standard InChI is InChI=1S/C27H21BrN2O4/c1-2-30-23-20(14-9-15-21(23)28)27(26(30)33)16-19(17-10-5-3-6-11-17)22(25(32)34-27)29-24(31)18-12-7-4-8-13-18/h3-15H,2,16H2,1H3,(H,29,31)/t27-/m1/s1. The van der Waals surface area contributed by atoms with Crippen LogP contribution in [0.4, 0.5) is 5.69 Å². The van der Waals surface area contributed by atoms with E-state index in [0.717, 1.165) is 10.0 Å². The summed E-state index contributed by atoms with van der Waals surface area (Å²) in [5.74, 6) is -1.47. The first-order chi connectivity index (χ1) is 16.5. The van der Waals surface area contributed by atoms with Crippen LogP contribution in [0.15, 0.2) is 89.0 Å². The molecule has 0 bridgehead atoms. The highest BCUT2D eigenvalue weighted by atomic mass is 79.9. The summed E-state index contributed by atoms with van der Waals surface area (Å²) in [5.41, 5.74) is 1.58. The lowest BCUT2D eigenvalue weighted by Crippen LogP contribution is -2.48. The number of hydrogen-bond acceptors (Lipinski definition) is 4. The fraction of sp³-hybridized carbons (Fsp3) is 0.148. The number of nitrogens with zero attached hydrogens (tertiary/aromatic N) is 1. The van der Waals surface area contributed by atoms with Crippen LogP contribution in [0.2, 0.25) is 0 Å². The summed E-state index contributed by atoms with van der Waals surface area (Å²) in [6.07, 6.45) is 0.103. The summed E-state index contributed by atoms with van der Waals surface area (Å²) in [5, 5.41) is 2.75. The average molecular weight is 517 g/mol. The molecule has 2 aliphatic heterocycles. The molecule has 6 nitrogen and oxygen atoms in total. The highest BCUT2D eigenvalue weighted by molar-refractivity contribution is 9.10. The number of rotatable bonds is 4. The Bertz CT molecular complexity index is 1340. The van der Waals surface area contributed by atoms with Crippen LogP contribution in [-0.4, -0.2) is 24.3 Å². The minimum Gasteiger partial charge on any atom is -0.439 e. The van der Waals surface area contributed by atoms with Gasteiger partial charge < -0.3 is 15.0 Å². The maximum atomic E-state index is 13.7. The largest absolute Gasteiger partial charge is 0.439 e.